The number of carbonyl (C=O) groups is 1. The highest BCUT2D eigenvalue weighted by molar-refractivity contribution is 6.32. The van der Waals surface area contributed by atoms with Crippen LogP contribution in [0.4, 0.5) is 0 Å². The summed E-state index contributed by atoms with van der Waals surface area (Å²) in [6, 6.07) is 3.56. The van der Waals surface area contributed by atoms with Gasteiger partial charge in [0.2, 0.25) is 5.91 Å². The van der Waals surface area contributed by atoms with Crippen molar-refractivity contribution in [3.63, 3.8) is 0 Å². The van der Waals surface area contributed by atoms with Gasteiger partial charge in [0.25, 0.3) is 5.56 Å². The molecule has 2 N–H and O–H groups in total. The molecule has 0 saturated carbocycles. The van der Waals surface area contributed by atoms with Crippen molar-refractivity contribution in [2.75, 3.05) is 6.54 Å². The summed E-state index contributed by atoms with van der Waals surface area (Å²) in [5, 5.41) is 3.25. The highest BCUT2D eigenvalue weighted by atomic mass is 35.5. The zero-order valence-corrected chi connectivity index (χ0v) is 14.5. The summed E-state index contributed by atoms with van der Waals surface area (Å²) in [6.45, 7) is 4.04. The van der Waals surface area contributed by atoms with E-state index >= 15 is 0 Å². The van der Waals surface area contributed by atoms with Gasteiger partial charge in [-0.15, -0.1) is 0 Å². The first-order chi connectivity index (χ1) is 11.9. The van der Waals surface area contributed by atoms with Crippen molar-refractivity contribution in [2.24, 2.45) is 0 Å². The number of aromatic nitrogens is 4. The summed E-state index contributed by atoms with van der Waals surface area (Å²) in [5.74, 6) is 0.00635. The number of aromatic amines is 1. The minimum Gasteiger partial charge on any atom is -0.355 e. The smallest absolute Gasteiger partial charge is 0.349 e. The Labute approximate surface area is 147 Å². The van der Waals surface area contributed by atoms with Gasteiger partial charge in [0.1, 0.15) is 0 Å². The molecule has 1 aromatic rings. The third-order valence-corrected chi connectivity index (χ3v) is 4.22. The van der Waals surface area contributed by atoms with Gasteiger partial charge in [0, 0.05) is 25.0 Å². The van der Waals surface area contributed by atoms with E-state index in [4.69, 9.17) is 11.6 Å². The molecule has 0 fully saturated rings. The largest absolute Gasteiger partial charge is 0.355 e. The van der Waals surface area contributed by atoms with Crippen LogP contribution in [0.15, 0.2) is 21.7 Å². The van der Waals surface area contributed by atoms with Gasteiger partial charge < -0.3 is 9.88 Å². The van der Waals surface area contributed by atoms with Crippen molar-refractivity contribution in [2.45, 2.75) is 26.8 Å². The first kappa shape index (κ1) is 17.1. The molecule has 0 aromatic heterocycles. The predicted octanol–water partition coefficient (Wildman–Crippen LogP) is 0.936. The molecule has 1 aromatic carbocycles. The minimum absolute atomic E-state index is 0.0511. The number of aryl methyl sites for hydroxylation is 1. The Bertz CT molecular complexity index is 1060. The maximum atomic E-state index is 12.1. The Morgan fingerprint density at radius 3 is 2.76 bits per heavy atom. The third kappa shape index (κ3) is 3.25. The normalized spacial score (nSPS) is 11.2. The molecule has 3 rings (SSSR count). The lowest BCUT2D eigenvalue weighted by molar-refractivity contribution is -0.118. The van der Waals surface area contributed by atoms with Crippen LogP contribution in [0.2, 0.25) is 5.02 Å². The lowest BCUT2D eigenvalue weighted by Gasteiger charge is -2.17. The van der Waals surface area contributed by atoms with Gasteiger partial charge in [-0.1, -0.05) is 18.5 Å². The first-order valence-electron chi connectivity index (χ1n) is 7.78. The van der Waals surface area contributed by atoms with Gasteiger partial charge in [-0.25, -0.2) is 9.78 Å². The highest BCUT2D eigenvalue weighted by Gasteiger charge is 2.19. The van der Waals surface area contributed by atoms with Gasteiger partial charge >= 0.3 is 5.69 Å². The van der Waals surface area contributed by atoms with Gasteiger partial charge in [-0.05, 0) is 24.1 Å². The standard InChI is InChI=1S/C16H16ClN5O3/c1-3-9-6-12-11(7-10(9)17)19-13-14(20-16(25)21-15(13)24)22(12)5-4-18-8(2)23/h6-7H,3-5H2,1-2H3,(H,18,23)(H,21,24,25). The van der Waals surface area contributed by atoms with Gasteiger partial charge in [0.05, 0.1) is 11.0 Å². The summed E-state index contributed by atoms with van der Waals surface area (Å²) in [4.78, 5) is 45.3. The van der Waals surface area contributed by atoms with Crippen LogP contribution in [0.25, 0.3) is 22.6 Å². The molecule has 0 aliphatic carbocycles. The summed E-state index contributed by atoms with van der Waals surface area (Å²) in [6.07, 6.45) is 0.716. The zero-order valence-electron chi connectivity index (χ0n) is 13.7. The van der Waals surface area contributed by atoms with Crippen LogP contribution in [0.1, 0.15) is 19.4 Å². The van der Waals surface area contributed by atoms with Gasteiger partial charge in [-0.3, -0.25) is 14.6 Å². The molecule has 0 radical (unpaired) electrons. The number of hydrogen-bond acceptors (Lipinski definition) is 5. The first-order valence-corrected chi connectivity index (χ1v) is 8.16. The molecule has 130 valence electrons. The van der Waals surface area contributed by atoms with E-state index in [1.807, 2.05) is 13.0 Å². The molecule has 0 spiro atoms. The molecule has 1 amide bonds. The Morgan fingerprint density at radius 2 is 2.08 bits per heavy atom. The number of benzene rings is 1. The predicted molar refractivity (Wildman–Crippen MR) is 94.1 cm³/mol. The van der Waals surface area contributed by atoms with E-state index < -0.39 is 11.2 Å². The molecule has 9 heteroatoms. The lowest BCUT2D eigenvalue weighted by atomic mass is 10.1. The summed E-state index contributed by atoms with van der Waals surface area (Å²) < 4.78 is 1.71. The van der Waals surface area contributed by atoms with E-state index in [0.717, 1.165) is 5.56 Å². The Balaban J connectivity index is 2.32. The SMILES string of the molecule is CCc1cc2c(cc1Cl)nc1c(=O)[nH]c(=O)nc-1n2CCNC(C)=O. The second-order valence-corrected chi connectivity index (χ2v) is 5.98. The fourth-order valence-corrected chi connectivity index (χ4v) is 2.99. The molecular formula is C16H16ClN5O3. The van der Waals surface area contributed by atoms with E-state index in [9.17, 15) is 14.4 Å². The molecule has 0 saturated heterocycles. The number of halogens is 1. The number of nitrogens with zero attached hydrogens (tertiary/aromatic N) is 3. The average molecular weight is 362 g/mol. The van der Waals surface area contributed by atoms with E-state index in [2.05, 4.69) is 20.3 Å². The molecule has 2 heterocycles. The second-order valence-electron chi connectivity index (χ2n) is 5.58. The number of fused-ring (bicyclic) bond motifs is 2. The van der Waals surface area contributed by atoms with Crippen molar-refractivity contribution < 1.29 is 4.79 Å². The van der Waals surface area contributed by atoms with Crippen molar-refractivity contribution in [3.05, 3.63) is 43.6 Å². The van der Waals surface area contributed by atoms with E-state index in [-0.39, 0.29) is 17.4 Å². The van der Waals surface area contributed by atoms with Crippen LogP contribution in [0, 0.1) is 0 Å². The Hall–Kier alpha value is -2.74. The molecule has 8 nitrogen and oxygen atoms in total. The number of H-pyrrole nitrogens is 1. The molecule has 0 bridgehead atoms. The zero-order chi connectivity index (χ0) is 18.1. The molecule has 0 atom stereocenters. The number of amides is 1. The van der Waals surface area contributed by atoms with Crippen molar-refractivity contribution >= 4 is 28.5 Å². The van der Waals surface area contributed by atoms with Crippen LogP contribution in [0.5, 0.6) is 0 Å². The van der Waals surface area contributed by atoms with Crippen molar-refractivity contribution in [1.29, 1.82) is 0 Å². The topological polar surface area (TPSA) is 110 Å². The van der Waals surface area contributed by atoms with E-state index in [1.165, 1.54) is 6.92 Å². The summed E-state index contributed by atoms with van der Waals surface area (Å²) in [5.41, 5.74) is 0.823. The lowest BCUT2D eigenvalue weighted by Crippen LogP contribution is -2.31. The quantitative estimate of drug-likeness (QED) is 0.672. The maximum Gasteiger partial charge on any atom is 0.349 e. The average Bonchev–Trinajstić information content (AvgIpc) is 2.54. The molecular weight excluding hydrogens is 346 g/mol. The molecule has 2 aliphatic heterocycles. The van der Waals surface area contributed by atoms with Crippen molar-refractivity contribution in [3.8, 4) is 11.5 Å². The molecule has 25 heavy (non-hydrogen) atoms. The fourth-order valence-electron chi connectivity index (χ4n) is 2.70. The van der Waals surface area contributed by atoms with Crippen LogP contribution in [-0.2, 0) is 17.8 Å². The van der Waals surface area contributed by atoms with Crippen LogP contribution in [-0.4, -0.2) is 32.0 Å². The summed E-state index contributed by atoms with van der Waals surface area (Å²) >= 11 is 6.26. The molecule has 2 aliphatic rings. The third-order valence-electron chi connectivity index (χ3n) is 3.87. The van der Waals surface area contributed by atoms with Crippen LogP contribution >= 0.6 is 11.6 Å². The fraction of sp³-hybridized carbons (Fsp3) is 0.312. The number of nitrogens with one attached hydrogen (secondary N) is 2. The van der Waals surface area contributed by atoms with Gasteiger partial charge in [-0.2, -0.15) is 4.98 Å². The Kier molecular flexibility index (Phi) is 4.54. The van der Waals surface area contributed by atoms with Gasteiger partial charge in [0.15, 0.2) is 11.5 Å². The minimum atomic E-state index is -0.739. The monoisotopic (exact) mass is 361 g/mol. The second kappa shape index (κ2) is 6.64. The van der Waals surface area contributed by atoms with E-state index in [0.29, 0.717) is 35.6 Å². The maximum absolute atomic E-state index is 12.1. The Morgan fingerprint density at radius 1 is 1.32 bits per heavy atom. The number of rotatable bonds is 4. The number of hydrogen-bond donors (Lipinski definition) is 2. The van der Waals surface area contributed by atoms with Crippen molar-refractivity contribution in [1.82, 2.24) is 24.8 Å². The van der Waals surface area contributed by atoms with E-state index in [1.54, 1.807) is 10.6 Å². The summed E-state index contributed by atoms with van der Waals surface area (Å²) in [7, 11) is 0. The number of carbonyl (C=O) groups excluding carboxylic acids is 1. The van der Waals surface area contributed by atoms with Crippen LogP contribution < -0.4 is 16.6 Å². The molecule has 0 unspecified atom stereocenters. The highest BCUT2D eigenvalue weighted by Crippen LogP contribution is 2.26. The van der Waals surface area contributed by atoms with Crippen LogP contribution in [0.3, 0.4) is 0 Å².